The molecule has 0 unspecified atom stereocenters. The van der Waals surface area contributed by atoms with Gasteiger partial charge in [0.2, 0.25) is 0 Å². The van der Waals surface area contributed by atoms with E-state index in [0.29, 0.717) is 6.10 Å². The molecule has 2 heterocycles. The van der Waals surface area contributed by atoms with Gasteiger partial charge in [-0.2, -0.15) is 0 Å². The standard InChI is InChI=1S/C15H30N2O/c1-14(2)5-7-16-9-11-17(12-10-16)8-6-15-4-3-13-18-15/h14-15H,3-13H2,1-2H3/t15-/m1/s1. The third-order valence-electron chi connectivity index (χ3n) is 4.28. The first-order chi connectivity index (χ1) is 8.74. The summed E-state index contributed by atoms with van der Waals surface area (Å²) in [6.07, 6.45) is 5.70. The van der Waals surface area contributed by atoms with Crippen LogP contribution in [-0.2, 0) is 4.74 Å². The van der Waals surface area contributed by atoms with Crippen LogP contribution in [0.4, 0.5) is 0 Å². The van der Waals surface area contributed by atoms with Gasteiger partial charge in [-0.05, 0) is 38.1 Å². The van der Waals surface area contributed by atoms with E-state index in [1.165, 1.54) is 65.0 Å². The van der Waals surface area contributed by atoms with Crippen molar-refractivity contribution in [3.05, 3.63) is 0 Å². The Balaban J connectivity index is 1.55. The molecular weight excluding hydrogens is 224 g/mol. The molecule has 2 aliphatic heterocycles. The Morgan fingerprint density at radius 3 is 2.28 bits per heavy atom. The molecular formula is C15H30N2O. The Morgan fingerprint density at radius 2 is 1.72 bits per heavy atom. The van der Waals surface area contributed by atoms with Crippen molar-refractivity contribution in [2.75, 3.05) is 45.9 Å². The second-order valence-electron chi connectivity index (χ2n) is 6.29. The quantitative estimate of drug-likeness (QED) is 0.723. The van der Waals surface area contributed by atoms with Gasteiger partial charge < -0.3 is 14.5 Å². The summed E-state index contributed by atoms with van der Waals surface area (Å²) in [5.41, 5.74) is 0. The van der Waals surface area contributed by atoms with Crippen LogP contribution < -0.4 is 0 Å². The minimum atomic E-state index is 0.559. The summed E-state index contributed by atoms with van der Waals surface area (Å²) in [4.78, 5) is 5.25. The van der Waals surface area contributed by atoms with Crippen molar-refractivity contribution in [1.29, 1.82) is 0 Å². The molecule has 0 N–H and O–H groups in total. The van der Waals surface area contributed by atoms with Gasteiger partial charge in [0.1, 0.15) is 0 Å². The fourth-order valence-electron chi connectivity index (χ4n) is 2.88. The molecule has 0 aliphatic carbocycles. The van der Waals surface area contributed by atoms with Gasteiger partial charge in [-0.25, -0.2) is 0 Å². The molecule has 3 nitrogen and oxygen atoms in total. The molecule has 2 aliphatic rings. The van der Waals surface area contributed by atoms with Crippen LogP contribution in [0.3, 0.4) is 0 Å². The van der Waals surface area contributed by atoms with Gasteiger partial charge in [-0.15, -0.1) is 0 Å². The Bertz CT molecular complexity index is 219. The van der Waals surface area contributed by atoms with E-state index >= 15 is 0 Å². The molecule has 0 aromatic carbocycles. The predicted octanol–water partition coefficient (Wildman–Crippen LogP) is 2.22. The van der Waals surface area contributed by atoms with Gasteiger partial charge in [0.25, 0.3) is 0 Å². The van der Waals surface area contributed by atoms with Gasteiger partial charge in [-0.1, -0.05) is 13.8 Å². The van der Waals surface area contributed by atoms with Crippen molar-refractivity contribution in [3.8, 4) is 0 Å². The first-order valence-corrected chi connectivity index (χ1v) is 7.80. The Labute approximate surface area is 112 Å². The molecule has 0 amide bonds. The molecule has 2 fully saturated rings. The fourth-order valence-corrected chi connectivity index (χ4v) is 2.88. The Kier molecular flexibility index (Phi) is 5.93. The zero-order valence-corrected chi connectivity index (χ0v) is 12.2. The van der Waals surface area contributed by atoms with Crippen LogP contribution in [0.5, 0.6) is 0 Å². The topological polar surface area (TPSA) is 15.7 Å². The number of ether oxygens (including phenoxy) is 1. The maximum Gasteiger partial charge on any atom is 0.0588 e. The molecule has 0 aromatic rings. The van der Waals surface area contributed by atoms with E-state index in [1.807, 2.05) is 0 Å². The van der Waals surface area contributed by atoms with Crippen LogP contribution in [0.2, 0.25) is 0 Å². The number of rotatable bonds is 6. The highest BCUT2D eigenvalue weighted by atomic mass is 16.5. The zero-order valence-electron chi connectivity index (χ0n) is 12.2. The van der Waals surface area contributed by atoms with Crippen molar-refractivity contribution in [2.24, 2.45) is 5.92 Å². The molecule has 0 saturated carbocycles. The number of hydrogen-bond donors (Lipinski definition) is 0. The fraction of sp³-hybridized carbons (Fsp3) is 1.00. The Morgan fingerprint density at radius 1 is 1.06 bits per heavy atom. The van der Waals surface area contributed by atoms with Crippen LogP contribution in [0.1, 0.15) is 39.5 Å². The number of piperazine rings is 1. The van der Waals surface area contributed by atoms with E-state index in [9.17, 15) is 0 Å². The highest BCUT2D eigenvalue weighted by Gasteiger charge is 2.20. The van der Waals surface area contributed by atoms with Crippen LogP contribution in [0.25, 0.3) is 0 Å². The molecule has 0 radical (unpaired) electrons. The van der Waals surface area contributed by atoms with Gasteiger partial charge in [0, 0.05) is 39.3 Å². The van der Waals surface area contributed by atoms with Crippen molar-refractivity contribution in [2.45, 2.75) is 45.6 Å². The predicted molar refractivity (Wildman–Crippen MR) is 75.9 cm³/mol. The average Bonchev–Trinajstić information content (AvgIpc) is 2.88. The first kappa shape index (κ1) is 14.3. The van der Waals surface area contributed by atoms with Crippen molar-refractivity contribution in [1.82, 2.24) is 9.80 Å². The third kappa shape index (κ3) is 4.87. The minimum Gasteiger partial charge on any atom is -0.378 e. The van der Waals surface area contributed by atoms with E-state index in [2.05, 4.69) is 23.6 Å². The van der Waals surface area contributed by atoms with E-state index in [-0.39, 0.29) is 0 Å². The Hall–Kier alpha value is -0.120. The largest absolute Gasteiger partial charge is 0.378 e. The van der Waals surface area contributed by atoms with Crippen LogP contribution in [0.15, 0.2) is 0 Å². The summed E-state index contributed by atoms with van der Waals surface area (Å²) >= 11 is 0. The van der Waals surface area contributed by atoms with Crippen molar-refractivity contribution in [3.63, 3.8) is 0 Å². The molecule has 2 saturated heterocycles. The third-order valence-corrected chi connectivity index (χ3v) is 4.28. The lowest BCUT2D eigenvalue weighted by molar-refractivity contribution is 0.0767. The summed E-state index contributed by atoms with van der Waals surface area (Å²) in [7, 11) is 0. The summed E-state index contributed by atoms with van der Waals surface area (Å²) < 4.78 is 5.69. The lowest BCUT2D eigenvalue weighted by Gasteiger charge is -2.35. The van der Waals surface area contributed by atoms with Crippen molar-refractivity contribution >= 4 is 0 Å². The average molecular weight is 254 g/mol. The molecule has 106 valence electrons. The number of hydrogen-bond acceptors (Lipinski definition) is 3. The van der Waals surface area contributed by atoms with Crippen LogP contribution in [0, 0.1) is 5.92 Å². The van der Waals surface area contributed by atoms with E-state index in [1.54, 1.807) is 0 Å². The molecule has 0 aromatic heterocycles. The molecule has 0 bridgehead atoms. The monoisotopic (exact) mass is 254 g/mol. The zero-order chi connectivity index (χ0) is 12.8. The first-order valence-electron chi connectivity index (χ1n) is 7.80. The highest BCUT2D eigenvalue weighted by Crippen LogP contribution is 2.16. The minimum absolute atomic E-state index is 0.559. The summed E-state index contributed by atoms with van der Waals surface area (Å²) in [5, 5.41) is 0. The molecule has 2 rings (SSSR count). The maximum atomic E-state index is 5.69. The summed E-state index contributed by atoms with van der Waals surface area (Å²) in [6.45, 7) is 13.2. The lowest BCUT2D eigenvalue weighted by atomic mass is 10.1. The van der Waals surface area contributed by atoms with Gasteiger partial charge in [0.05, 0.1) is 6.10 Å². The molecule has 0 spiro atoms. The van der Waals surface area contributed by atoms with E-state index < -0.39 is 0 Å². The molecule has 1 atom stereocenters. The number of nitrogens with zero attached hydrogens (tertiary/aromatic N) is 2. The second kappa shape index (κ2) is 7.46. The molecule has 18 heavy (non-hydrogen) atoms. The van der Waals surface area contributed by atoms with Crippen molar-refractivity contribution < 1.29 is 4.74 Å². The SMILES string of the molecule is CC(C)CCN1CCN(CC[C@H]2CCCO2)CC1. The van der Waals surface area contributed by atoms with Crippen LogP contribution >= 0.6 is 0 Å². The normalized spacial score (nSPS) is 27.2. The van der Waals surface area contributed by atoms with Crippen LogP contribution in [-0.4, -0.2) is 61.8 Å². The highest BCUT2D eigenvalue weighted by molar-refractivity contribution is 4.74. The molecule has 3 heteroatoms. The second-order valence-corrected chi connectivity index (χ2v) is 6.29. The lowest BCUT2D eigenvalue weighted by Crippen LogP contribution is -2.47. The van der Waals surface area contributed by atoms with Gasteiger partial charge >= 0.3 is 0 Å². The maximum absolute atomic E-state index is 5.69. The summed E-state index contributed by atoms with van der Waals surface area (Å²) in [6, 6.07) is 0. The van der Waals surface area contributed by atoms with E-state index in [0.717, 1.165) is 12.5 Å². The van der Waals surface area contributed by atoms with Gasteiger partial charge in [0.15, 0.2) is 0 Å². The summed E-state index contributed by atoms with van der Waals surface area (Å²) in [5.74, 6) is 0.836. The van der Waals surface area contributed by atoms with E-state index in [4.69, 9.17) is 4.74 Å². The van der Waals surface area contributed by atoms with Gasteiger partial charge in [-0.3, -0.25) is 0 Å². The smallest absolute Gasteiger partial charge is 0.0588 e.